The zero-order chi connectivity index (χ0) is 17.9. The fourth-order valence-corrected chi connectivity index (χ4v) is 3.26. The minimum atomic E-state index is -3.62. The topological polar surface area (TPSA) is 85.1 Å². The second-order valence-corrected chi connectivity index (χ2v) is 7.46. The van der Waals surface area contributed by atoms with Crippen molar-refractivity contribution >= 4 is 21.6 Å². The van der Waals surface area contributed by atoms with Gasteiger partial charge in [0.25, 0.3) is 0 Å². The minimum absolute atomic E-state index is 0.132. The highest BCUT2D eigenvalue weighted by Crippen LogP contribution is 2.20. The number of nitrogens with one attached hydrogen (secondary N) is 1. The number of rotatable bonds is 6. The van der Waals surface area contributed by atoms with Gasteiger partial charge in [-0.05, 0) is 42.0 Å². The molecule has 2 aromatic carbocycles. The summed E-state index contributed by atoms with van der Waals surface area (Å²) in [5.41, 5.74) is 1.15. The predicted molar refractivity (Wildman–Crippen MR) is 90.6 cm³/mol. The molecule has 0 aliphatic rings. The standard InChI is InChI=1S/C16H13ClFN3O3S/c17-13-5-3-12(4-6-13)16-21-20-15(24-16)9-19-25(22,23)10-11-1-7-14(18)8-2-11/h1-8,19H,9-10H2. The van der Waals surface area contributed by atoms with Gasteiger partial charge in [-0.1, -0.05) is 23.7 Å². The lowest BCUT2D eigenvalue weighted by Crippen LogP contribution is -2.24. The maximum absolute atomic E-state index is 12.9. The van der Waals surface area contributed by atoms with Crippen LogP contribution in [-0.4, -0.2) is 18.6 Å². The van der Waals surface area contributed by atoms with Crippen molar-refractivity contribution in [3.05, 3.63) is 70.8 Å². The summed E-state index contributed by atoms with van der Waals surface area (Å²) in [6, 6.07) is 12.1. The Balaban J connectivity index is 1.63. The summed E-state index contributed by atoms with van der Waals surface area (Å²) in [6.07, 6.45) is 0. The van der Waals surface area contributed by atoms with Crippen LogP contribution >= 0.6 is 11.6 Å². The first-order valence-electron chi connectivity index (χ1n) is 7.21. The molecule has 0 amide bonds. The average Bonchev–Trinajstić information content (AvgIpc) is 3.05. The van der Waals surface area contributed by atoms with Crippen molar-refractivity contribution in [2.45, 2.75) is 12.3 Å². The molecule has 9 heteroatoms. The van der Waals surface area contributed by atoms with Crippen LogP contribution in [0.3, 0.4) is 0 Å². The SMILES string of the molecule is O=S(=O)(Cc1ccc(F)cc1)NCc1nnc(-c2ccc(Cl)cc2)o1. The molecule has 3 rings (SSSR count). The van der Waals surface area contributed by atoms with Crippen molar-refractivity contribution < 1.29 is 17.2 Å². The molecule has 6 nitrogen and oxygen atoms in total. The van der Waals surface area contributed by atoms with E-state index in [0.29, 0.717) is 16.1 Å². The van der Waals surface area contributed by atoms with E-state index >= 15 is 0 Å². The van der Waals surface area contributed by atoms with Crippen LogP contribution in [0.1, 0.15) is 11.5 Å². The van der Waals surface area contributed by atoms with Gasteiger partial charge in [0.1, 0.15) is 5.82 Å². The van der Waals surface area contributed by atoms with Gasteiger partial charge < -0.3 is 4.42 Å². The monoisotopic (exact) mass is 381 g/mol. The van der Waals surface area contributed by atoms with Gasteiger partial charge in [-0.25, -0.2) is 17.5 Å². The maximum Gasteiger partial charge on any atom is 0.247 e. The number of benzene rings is 2. The Morgan fingerprint density at radius 2 is 1.72 bits per heavy atom. The molecule has 0 spiro atoms. The van der Waals surface area contributed by atoms with E-state index in [1.165, 1.54) is 24.3 Å². The van der Waals surface area contributed by atoms with Gasteiger partial charge >= 0.3 is 0 Å². The first-order chi connectivity index (χ1) is 11.9. The molecule has 25 heavy (non-hydrogen) atoms. The van der Waals surface area contributed by atoms with Gasteiger partial charge in [0, 0.05) is 10.6 Å². The van der Waals surface area contributed by atoms with Gasteiger partial charge in [-0.2, -0.15) is 0 Å². The summed E-state index contributed by atoms with van der Waals surface area (Å²) in [7, 11) is -3.62. The Labute approximate surface area is 148 Å². The second-order valence-electron chi connectivity index (χ2n) is 5.21. The number of halogens is 2. The normalized spacial score (nSPS) is 11.6. The summed E-state index contributed by atoms with van der Waals surface area (Å²) in [5, 5.41) is 8.27. The van der Waals surface area contributed by atoms with Crippen molar-refractivity contribution in [1.82, 2.24) is 14.9 Å². The lowest BCUT2D eigenvalue weighted by molar-refractivity contribution is 0.494. The molecule has 0 saturated heterocycles. The summed E-state index contributed by atoms with van der Waals surface area (Å²) < 4.78 is 44.8. The Morgan fingerprint density at radius 3 is 2.40 bits per heavy atom. The van der Waals surface area contributed by atoms with Crippen LogP contribution < -0.4 is 4.72 Å². The van der Waals surface area contributed by atoms with E-state index in [0.717, 1.165) is 0 Å². The fraction of sp³-hybridized carbons (Fsp3) is 0.125. The summed E-state index contributed by atoms with van der Waals surface area (Å²) in [4.78, 5) is 0. The molecular weight excluding hydrogens is 369 g/mol. The molecule has 0 radical (unpaired) electrons. The number of hydrogen-bond acceptors (Lipinski definition) is 5. The third-order valence-corrected chi connectivity index (χ3v) is 4.82. The molecule has 0 bridgehead atoms. The van der Waals surface area contributed by atoms with Crippen LogP contribution in [0.5, 0.6) is 0 Å². The molecule has 0 fully saturated rings. The molecule has 1 aromatic heterocycles. The van der Waals surface area contributed by atoms with Gasteiger partial charge in [0.05, 0.1) is 12.3 Å². The van der Waals surface area contributed by atoms with E-state index < -0.39 is 15.8 Å². The largest absolute Gasteiger partial charge is 0.419 e. The zero-order valence-corrected chi connectivity index (χ0v) is 14.4. The van der Waals surface area contributed by atoms with E-state index in [1.54, 1.807) is 24.3 Å². The number of hydrogen-bond donors (Lipinski definition) is 1. The molecule has 0 aliphatic heterocycles. The van der Waals surface area contributed by atoms with Gasteiger partial charge in [-0.15, -0.1) is 10.2 Å². The Hall–Kier alpha value is -2.29. The maximum atomic E-state index is 12.9. The predicted octanol–water partition coefficient (Wildman–Crippen LogP) is 3.15. The Morgan fingerprint density at radius 1 is 1.04 bits per heavy atom. The average molecular weight is 382 g/mol. The highest BCUT2D eigenvalue weighted by molar-refractivity contribution is 7.88. The summed E-state index contributed by atoms with van der Waals surface area (Å²) >= 11 is 5.82. The molecule has 0 atom stereocenters. The number of sulfonamides is 1. The highest BCUT2D eigenvalue weighted by atomic mass is 35.5. The van der Waals surface area contributed by atoms with Crippen molar-refractivity contribution in [1.29, 1.82) is 0 Å². The highest BCUT2D eigenvalue weighted by Gasteiger charge is 2.14. The molecule has 0 unspecified atom stereocenters. The molecule has 0 aliphatic carbocycles. The van der Waals surface area contributed by atoms with E-state index in [2.05, 4.69) is 14.9 Å². The molecule has 3 aromatic rings. The number of aromatic nitrogens is 2. The fourth-order valence-electron chi connectivity index (χ4n) is 2.06. The summed E-state index contributed by atoms with van der Waals surface area (Å²) in [6.45, 7) is -0.135. The molecule has 130 valence electrons. The lowest BCUT2D eigenvalue weighted by atomic mass is 10.2. The third kappa shape index (κ3) is 4.85. The first kappa shape index (κ1) is 17.5. The zero-order valence-electron chi connectivity index (χ0n) is 12.8. The summed E-state index contributed by atoms with van der Waals surface area (Å²) in [5.74, 6) is -0.294. The van der Waals surface area contributed by atoms with Crippen LogP contribution in [0.4, 0.5) is 4.39 Å². The Kier molecular flexibility index (Phi) is 5.12. The smallest absolute Gasteiger partial charge is 0.247 e. The first-order valence-corrected chi connectivity index (χ1v) is 9.24. The van der Waals surface area contributed by atoms with Gasteiger partial charge in [0.15, 0.2) is 0 Å². The quantitative estimate of drug-likeness (QED) is 0.709. The van der Waals surface area contributed by atoms with Crippen molar-refractivity contribution in [3.8, 4) is 11.5 Å². The lowest BCUT2D eigenvalue weighted by Gasteiger charge is -2.04. The molecule has 0 saturated carbocycles. The second kappa shape index (κ2) is 7.30. The van der Waals surface area contributed by atoms with E-state index in [-0.39, 0.29) is 24.1 Å². The van der Waals surface area contributed by atoms with E-state index in [9.17, 15) is 12.8 Å². The minimum Gasteiger partial charge on any atom is -0.419 e. The Bertz CT molecular complexity index is 957. The van der Waals surface area contributed by atoms with Crippen molar-refractivity contribution in [2.75, 3.05) is 0 Å². The van der Waals surface area contributed by atoms with E-state index in [1.807, 2.05) is 0 Å². The van der Waals surface area contributed by atoms with Crippen LogP contribution in [-0.2, 0) is 22.3 Å². The van der Waals surface area contributed by atoms with Gasteiger partial charge in [0.2, 0.25) is 21.8 Å². The molecular formula is C16H13ClFN3O3S. The van der Waals surface area contributed by atoms with Crippen molar-refractivity contribution in [3.63, 3.8) is 0 Å². The van der Waals surface area contributed by atoms with E-state index in [4.69, 9.17) is 16.0 Å². The van der Waals surface area contributed by atoms with Crippen LogP contribution in [0.15, 0.2) is 52.9 Å². The number of nitrogens with zero attached hydrogens (tertiary/aromatic N) is 2. The van der Waals surface area contributed by atoms with Crippen LogP contribution in [0.25, 0.3) is 11.5 Å². The van der Waals surface area contributed by atoms with Crippen molar-refractivity contribution in [2.24, 2.45) is 0 Å². The van der Waals surface area contributed by atoms with Gasteiger partial charge in [-0.3, -0.25) is 0 Å². The van der Waals surface area contributed by atoms with Crippen LogP contribution in [0.2, 0.25) is 5.02 Å². The molecule has 1 heterocycles. The van der Waals surface area contributed by atoms with Crippen LogP contribution in [0, 0.1) is 5.82 Å². The third-order valence-electron chi connectivity index (χ3n) is 3.27. The molecule has 1 N–H and O–H groups in total.